The number of rotatable bonds is 3. The van der Waals surface area contributed by atoms with Crippen molar-refractivity contribution in [3.63, 3.8) is 0 Å². The average molecular weight is 236 g/mol. The maximum absolute atomic E-state index is 6.04. The molecule has 0 aromatic heterocycles. The Hall–Kier alpha value is -0.340. The third kappa shape index (κ3) is 2.74. The molecule has 0 bridgehead atoms. The monoisotopic (exact) mass is 236 g/mol. The first kappa shape index (κ1) is 11.7. The second-order valence-corrected chi connectivity index (χ2v) is 5.93. The first-order chi connectivity index (χ1) is 8.36. The summed E-state index contributed by atoms with van der Waals surface area (Å²) in [5.74, 6) is 0. The van der Waals surface area contributed by atoms with Gasteiger partial charge in [-0.25, -0.2) is 0 Å². The molecule has 96 valence electrons. The molecule has 2 fully saturated rings. The Bertz CT molecular complexity index is 283. The standard InChI is InChI=1S/C15H24O2/c1-4-8-15(9-5-1)10-13(12-17-15)11-16-14-6-2-3-7-14/h10,14H,1-9,11-12H2. The molecule has 3 aliphatic rings. The van der Waals surface area contributed by atoms with Crippen LogP contribution < -0.4 is 0 Å². The van der Waals surface area contributed by atoms with E-state index in [4.69, 9.17) is 9.47 Å². The van der Waals surface area contributed by atoms with Gasteiger partial charge >= 0.3 is 0 Å². The molecule has 2 heteroatoms. The minimum Gasteiger partial charge on any atom is -0.374 e. The summed E-state index contributed by atoms with van der Waals surface area (Å²) in [6, 6.07) is 0. The van der Waals surface area contributed by atoms with Gasteiger partial charge in [-0.15, -0.1) is 0 Å². The Morgan fingerprint density at radius 2 is 1.88 bits per heavy atom. The van der Waals surface area contributed by atoms with Crippen molar-refractivity contribution in [2.45, 2.75) is 69.5 Å². The van der Waals surface area contributed by atoms with Gasteiger partial charge in [-0.1, -0.05) is 32.1 Å². The summed E-state index contributed by atoms with van der Waals surface area (Å²) in [6.45, 7) is 1.62. The highest BCUT2D eigenvalue weighted by atomic mass is 16.5. The molecule has 0 atom stereocenters. The molecule has 0 aromatic rings. The van der Waals surface area contributed by atoms with Crippen molar-refractivity contribution >= 4 is 0 Å². The summed E-state index contributed by atoms with van der Waals surface area (Å²) in [5, 5.41) is 0. The normalized spacial score (nSPS) is 28.8. The lowest BCUT2D eigenvalue weighted by Crippen LogP contribution is -2.29. The zero-order valence-corrected chi connectivity index (χ0v) is 10.7. The topological polar surface area (TPSA) is 18.5 Å². The second kappa shape index (κ2) is 5.11. The van der Waals surface area contributed by atoms with E-state index in [1.54, 1.807) is 0 Å². The smallest absolute Gasteiger partial charge is 0.0871 e. The highest BCUT2D eigenvalue weighted by Gasteiger charge is 2.35. The predicted molar refractivity (Wildman–Crippen MR) is 68.1 cm³/mol. The third-order valence-electron chi connectivity index (χ3n) is 4.52. The lowest BCUT2D eigenvalue weighted by molar-refractivity contribution is -0.00681. The van der Waals surface area contributed by atoms with E-state index in [1.165, 1.54) is 63.4 Å². The van der Waals surface area contributed by atoms with E-state index in [9.17, 15) is 0 Å². The highest BCUT2D eigenvalue weighted by Crippen LogP contribution is 2.37. The van der Waals surface area contributed by atoms with E-state index < -0.39 is 0 Å². The molecule has 0 N–H and O–H groups in total. The molecular weight excluding hydrogens is 212 g/mol. The molecule has 0 saturated heterocycles. The zero-order chi connectivity index (χ0) is 11.6. The van der Waals surface area contributed by atoms with Crippen LogP contribution in [-0.2, 0) is 9.47 Å². The van der Waals surface area contributed by atoms with Gasteiger partial charge < -0.3 is 9.47 Å². The van der Waals surface area contributed by atoms with E-state index in [1.807, 2.05) is 0 Å². The van der Waals surface area contributed by atoms with Crippen molar-refractivity contribution in [1.82, 2.24) is 0 Å². The zero-order valence-electron chi connectivity index (χ0n) is 10.7. The molecule has 0 amide bonds. The fourth-order valence-corrected chi connectivity index (χ4v) is 3.49. The Balaban J connectivity index is 1.51. The average Bonchev–Trinajstić information content (AvgIpc) is 2.98. The van der Waals surface area contributed by atoms with E-state index >= 15 is 0 Å². The predicted octanol–water partition coefficient (Wildman–Crippen LogP) is 3.61. The molecular formula is C15H24O2. The van der Waals surface area contributed by atoms with E-state index in [0.29, 0.717) is 6.10 Å². The van der Waals surface area contributed by atoms with E-state index in [0.717, 1.165) is 13.2 Å². The maximum Gasteiger partial charge on any atom is 0.0871 e. The van der Waals surface area contributed by atoms with Crippen molar-refractivity contribution in [3.05, 3.63) is 11.6 Å². The SMILES string of the molecule is C1=C(COC2CCCC2)COC12CCCCC2. The molecule has 17 heavy (non-hydrogen) atoms. The molecule has 2 aliphatic carbocycles. The maximum atomic E-state index is 6.04. The second-order valence-electron chi connectivity index (χ2n) is 5.93. The van der Waals surface area contributed by atoms with Gasteiger partial charge in [-0.3, -0.25) is 0 Å². The number of ether oxygens (including phenoxy) is 2. The van der Waals surface area contributed by atoms with Crippen LogP contribution in [0.25, 0.3) is 0 Å². The number of hydrogen-bond donors (Lipinski definition) is 0. The van der Waals surface area contributed by atoms with Crippen LogP contribution in [0.5, 0.6) is 0 Å². The molecule has 2 saturated carbocycles. The van der Waals surface area contributed by atoms with Crippen LogP contribution >= 0.6 is 0 Å². The third-order valence-corrected chi connectivity index (χ3v) is 4.52. The summed E-state index contributed by atoms with van der Waals surface area (Å²) in [7, 11) is 0. The summed E-state index contributed by atoms with van der Waals surface area (Å²) in [4.78, 5) is 0. The van der Waals surface area contributed by atoms with Gasteiger partial charge in [0.2, 0.25) is 0 Å². The summed E-state index contributed by atoms with van der Waals surface area (Å²) in [5.41, 5.74) is 1.49. The Labute approximate surface area is 104 Å². The fraction of sp³-hybridized carbons (Fsp3) is 0.867. The lowest BCUT2D eigenvalue weighted by atomic mass is 9.84. The number of hydrogen-bond acceptors (Lipinski definition) is 2. The van der Waals surface area contributed by atoms with Gasteiger partial charge in [0.1, 0.15) is 0 Å². The van der Waals surface area contributed by atoms with Gasteiger partial charge in [0.15, 0.2) is 0 Å². The minimum atomic E-state index is 0.104. The van der Waals surface area contributed by atoms with Crippen molar-refractivity contribution in [1.29, 1.82) is 0 Å². The van der Waals surface area contributed by atoms with Crippen LogP contribution in [0.4, 0.5) is 0 Å². The molecule has 1 heterocycles. The van der Waals surface area contributed by atoms with Crippen molar-refractivity contribution in [2.75, 3.05) is 13.2 Å². The van der Waals surface area contributed by atoms with Gasteiger partial charge in [0, 0.05) is 0 Å². The summed E-state index contributed by atoms with van der Waals surface area (Å²) < 4.78 is 12.0. The molecule has 0 radical (unpaired) electrons. The van der Waals surface area contributed by atoms with Crippen LogP contribution in [-0.4, -0.2) is 24.9 Å². The molecule has 0 unspecified atom stereocenters. The van der Waals surface area contributed by atoms with Gasteiger partial charge in [-0.2, -0.15) is 0 Å². The molecule has 1 spiro atoms. The highest BCUT2D eigenvalue weighted by molar-refractivity contribution is 5.19. The van der Waals surface area contributed by atoms with Crippen molar-refractivity contribution < 1.29 is 9.47 Å². The summed E-state index contributed by atoms with van der Waals surface area (Å²) in [6.07, 6.45) is 14.6. The summed E-state index contributed by atoms with van der Waals surface area (Å²) >= 11 is 0. The van der Waals surface area contributed by atoms with Crippen LogP contribution in [0.1, 0.15) is 57.8 Å². The Morgan fingerprint density at radius 3 is 2.65 bits per heavy atom. The molecule has 1 aliphatic heterocycles. The van der Waals surface area contributed by atoms with Crippen LogP contribution in [0.3, 0.4) is 0 Å². The van der Waals surface area contributed by atoms with E-state index in [2.05, 4.69) is 6.08 Å². The Kier molecular flexibility index (Phi) is 3.53. The van der Waals surface area contributed by atoms with Crippen LogP contribution in [0.15, 0.2) is 11.6 Å². The largest absolute Gasteiger partial charge is 0.374 e. The molecule has 0 aromatic carbocycles. The van der Waals surface area contributed by atoms with Crippen molar-refractivity contribution in [3.8, 4) is 0 Å². The molecule has 2 nitrogen and oxygen atoms in total. The minimum absolute atomic E-state index is 0.104. The van der Waals surface area contributed by atoms with Crippen molar-refractivity contribution in [2.24, 2.45) is 0 Å². The first-order valence-corrected chi connectivity index (χ1v) is 7.33. The van der Waals surface area contributed by atoms with Crippen LogP contribution in [0.2, 0.25) is 0 Å². The van der Waals surface area contributed by atoms with Gasteiger partial charge in [0.25, 0.3) is 0 Å². The van der Waals surface area contributed by atoms with E-state index in [-0.39, 0.29) is 5.60 Å². The molecule has 3 rings (SSSR count). The Morgan fingerprint density at radius 1 is 1.12 bits per heavy atom. The van der Waals surface area contributed by atoms with Crippen LogP contribution in [0, 0.1) is 0 Å². The van der Waals surface area contributed by atoms with Gasteiger partial charge in [0.05, 0.1) is 24.9 Å². The quantitative estimate of drug-likeness (QED) is 0.697. The fourth-order valence-electron chi connectivity index (χ4n) is 3.49. The first-order valence-electron chi connectivity index (χ1n) is 7.33. The van der Waals surface area contributed by atoms with Gasteiger partial charge in [-0.05, 0) is 37.3 Å². The lowest BCUT2D eigenvalue weighted by Gasteiger charge is -2.30.